The van der Waals surface area contributed by atoms with Crippen molar-refractivity contribution in [1.29, 1.82) is 0 Å². The molecule has 2 aromatic carbocycles. The van der Waals surface area contributed by atoms with Gasteiger partial charge in [-0.2, -0.15) is 4.98 Å². The van der Waals surface area contributed by atoms with Gasteiger partial charge in [0.1, 0.15) is 17.1 Å². The van der Waals surface area contributed by atoms with Crippen LogP contribution in [0.5, 0.6) is 5.75 Å². The van der Waals surface area contributed by atoms with Crippen molar-refractivity contribution in [2.45, 2.75) is 38.0 Å². The van der Waals surface area contributed by atoms with Gasteiger partial charge in [-0.25, -0.2) is 17.7 Å². The van der Waals surface area contributed by atoms with Crippen molar-refractivity contribution >= 4 is 11.6 Å². The summed E-state index contributed by atoms with van der Waals surface area (Å²) in [4.78, 5) is 4.08. The minimum Gasteiger partial charge on any atom is -0.490 e. The molecule has 2 heterocycles. The molecule has 2 atom stereocenters. The SMILES string of the molecule is CCC(F)(CCOc1cccc(-c2ccn3nc(N)nc3c2)c1F)C(C)(O)c1ccc(F)cc1. The van der Waals surface area contributed by atoms with E-state index in [1.54, 1.807) is 37.4 Å². The number of rotatable bonds is 8. The van der Waals surface area contributed by atoms with E-state index in [1.807, 2.05) is 0 Å². The molecular formula is C25H25F3N4O2. The Bertz CT molecular complexity index is 1310. The number of nitrogens with two attached hydrogens (primary N) is 1. The molecule has 0 aliphatic rings. The lowest BCUT2D eigenvalue weighted by atomic mass is 9.77. The number of aliphatic hydroxyl groups is 1. The van der Waals surface area contributed by atoms with Gasteiger partial charge in [-0.05, 0) is 54.8 Å². The third-order valence-electron chi connectivity index (χ3n) is 6.22. The van der Waals surface area contributed by atoms with E-state index in [4.69, 9.17) is 10.5 Å². The van der Waals surface area contributed by atoms with E-state index < -0.39 is 22.9 Å². The van der Waals surface area contributed by atoms with Gasteiger partial charge in [0.25, 0.3) is 0 Å². The largest absolute Gasteiger partial charge is 0.490 e. The molecule has 2 aromatic heterocycles. The Labute approximate surface area is 194 Å². The molecule has 34 heavy (non-hydrogen) atoms. The predicted molar refractivity (Wildman–Crippen MR) is 123 cm³/mol. The lowest BCUT2D eigenvalue weighted by molar-refractivity contribution is -0.108. The van der Waals surface area contributed by atoms with Crippen LogP contribution in [0.25, 0.3) is 16.8 Å². The molecule has 0 aliphatic carbocycles. The van der Waals surface area contributed by atoms with Crippen LogP contribution in [-0.2, 0) is 5.60 Å². The number of nitrogens with zero attached hydrogens (tertiary/aromatic N) is 3. The van der Waals surface area contributed by atoms with Crippen LogP contribution >= 0.6 is 0 Å². The summed E-state index contributed by atoms with van der Waals surface area (Å²) in [6.07, 6.45) is 1.39. The summed E-state index contributed by atoms with van der Waals surface area (Å²) in [5, 5.41) is 15.0. The number of halogens is 3. The lowest BCUT2D eigenvalue weighted by Gasteiger charge is -2.39. The molecular weight excluding hydrogens is 445 g/mol. The van der Waals surface area contributed by atoms with E-state index in [0.29, 0.717) is 11.2 Å². The Morgan fingerprint density at radius 1 is 1.12 bits per heavy atom. The molecule has 0 saturated heterocycles. The fourth-order valence-corrected chi connectivity index (χ4v) is 4.03. The number of ether oxygens (including phenoxy) is 1. The minimum absolute atomic E-state index is 0.0231. The number of hydrogen-bond acceptors (Lipinski definition) is 5. The summed E-state index contributed by atoms with van der Waals surface area (Å²) in [7, 11) is 0. The van der Waals surface area contributed by atoms with Gasteiger partial charge in [0.2, 0.25) is 5.95 Å². The molecule has 6 nitrogen and oxygen atoms in total. The first-order valence-corrected chi connectivity index (χ1v) is 10.9. The number of nitrogen functional groups attached to an aromatic ring is 1. The second-order valence-corrected chi connectivity index (χ2v) is 8.30. The summed E-state index contributed by atoms with van der Waals surface area (Å²) in [5.41, 5.74) is 3.17. The van der Waals surface area contributed by atoms with E-state index in [1.165, 1.54) is 41.8 Å². The van der Waals surface area contributed by atoms with Crippen LogP contribution in [0.4, 0.5) is 19.1 Å². The van der Waals surface area contributed by atoms with Gasteiger partial charge in [0.15, 0.2) is 17.2 Å². The molecule has 0 bridgehead atoms. The van der Waals surface area contributed by atoms with Crippen LogP contribution in [0.15, 0.2) is 60.8 Å². The molecule has 0 aliphatic heterocycles. The standard InChI is InChI=1S/C25H25F3N4O2/c1-3-25(28,24(2,33)17-7-9-18(26)10-8-17)12-14-34-20-6-4-5-19(22(20)27)16-11-13-32-21(15-16)30-23(29)31-32/h4-11,13,15,33H,3,12,14H2,1-2H3,(H2,29,31). The van der Waals surface area contributed by atoms with Gasteiger partial charge < -0.3 is 15.6 Å². The van der Waals surface area contributed by atoms with Crippen LogP contribution in [0, 0.1) is 11.6 Å². The van der Waals surface area contributed by atoms with Gasteiger partial charge in [-0.15, -0.1) is 5.10 Å². The second kappa shape index (κ2) is 8.98. The van der Waals surface area contributed by atoms with Crippen LogP contribution < -0.4 is 10.5 Å². The molecule has 2 unspecified atom stereocenters. The Morgan fingerprint density at radius 2 is 1.85 bits per heavy atom. The third-order valence-corrected chi connectivity index (χ3v) is 6.22. The van der Waals surface area contributed by atoms with E-state index in [0.717, 1.165) is 0 Å². The fourth-order valence-electron chi connectivity index (χ4n) is 4.03. The normalized spacial score (nSPS) is 15.1. The highest BCUT2D eigenvalue weighted by molar-refractivity contribution is 5.69. The van der Waals surface area contributed by atoms with E-state index >= 15 is 8.78 Å². The highest BCUT2D eigenvalue weighted by atomic mass is 19.1. The maximum Gasteiger partial charge on any atom is 0.240 e. The van der Waals surface area contributed by atoms with Crippen LogP contribution in [0.1, 0.15) is 32.3 Å². The van der Waals surface area contributed by atoms with Gasteiger partial charge in [-0.1, -0.05) is 31.2 Å². The van der Waals surface area contributed by atoms with Crippen molar-refractivity contribution in [3.8, 4) is 16.9 Å². The molecule has 4 aromatic rings. The first-order chi connectivity index (χ1) is 16.1. The van der Waals surface area contributed by atoms with Gasteiger partial charge in [0.05, 0.1) is 6.61 Å². The maximum absolute atomic E-state index is 15.8. The zero-order chi connectivity index (χ0) is 24.5. The van der Waals surface area contributed by atoms with Gasteiger partial charge in [0, 0.05) is 18.2 Å². The number of aromatic nitrogens is 3. The molecule has 4 rings (SSSR count). The number of hydrogen-bond donors (Lipinski definition) is 2. The number of pyridine rings is 1. The minimum atomic E-state index is -2.09. The van der Waals surface area contributed by atoms with Crippen molar-refractivity contribution in [1.82, 2.24) is 14.6 Å². The Hall–Kier alpha value is -3.59. The number of anilines is 1. The Balaban J connectivity index is 1.52. The van der Waals surface area contributed by atoms with Crippen molar-refractivity contribution in [2.75, 3.05) is 12.3 Å². The van der Waals surface area contributed by atoms with Gasteiger partial charge in [-0.3, -0.25) is 0 Å². The first-order valence-electron chi connectivity index (χ1n) is 10.9. The monoisotopic (exact) mass is 470 g/mol. The van der Waals surface area contributed by atoms with Crippen LogP contribution in [0.2, 0.25) is 0 Å². The summed E-state index contributed by atoms with van der Waals surface area (Å²) < 4.78 is 51.4. The fraction of sp³-hybridized carbons (Fsp3) is 0.280. The third kappa shape index (κ3) is 4.31. The van der Waals surface area contributed by atoms with Gasteiger partial charge >= 0.3 is 0 Å². The van der Waals surface area contributed by atoms with E-state index in [2.05, 4.69) is 10.1 Å². The second-order valence-electron chi connectivity index (χ2n) is 8.30. The lowest BCUT2D eigenvalue weighted by Crippen LogP contribution is -2.47. The quantitative estimate of drug-likeness (QED) is 0.376. The van der Waals surface area contributed by atoms with Crippen molar-refractivity contribution in [2.24, 2.45) is 0 Å². The van der Waals surface area contributed by atoms with Crippen molar-refractivity contribution in [3.63, 3.8) is 0 Å². The summed E-state index contributed by atoms with van der Waals surface area (Å²) >= 11 is 0. The zero-order valence-corrected chi connectivity index (χ0v) is 18.8. The zero-order valence-electron chi connectivity index (χ0n) is 18.8. The number of fused-ring (bicyclic) bond motifs is 1. The Kier molecular flexibility index (Phi) is 6.22. The summed E-state index contributed by atoms with van der Waals surface area (Å²) in [6.45, 7) is 2.77. The molecule has 0 radical (unpaired) electrons. The predicted octanol–water partition coefficient (Wildman–Crippen LogP) is 5.05. The number of alkyl halides is 1. The molecule has 0 amide bonds. The molecule has 9 heteroatoms. The maximum atomic E-state index is 15.8. The summed E-state index contributed by atoms with van der Waals surface area (Å²) in [6, 6.07) is 13.0. The van der Waals surface area contributed by atoms with Crippen molar-refractivity contribution < 1.29 is 23.0 Å². The summed E-state index contributed by atoms with van der Waals surface area (Å²) in [5.74, 6) is -1.02. The molecule has 0 fully saturated rings. The molecule has 0 saturated carbocycles. The van der Waals surface area contributed by atoms with E-state index in [9.17, 15) is 9.50 Å². The molecule has 3 N–H and O–H groups in total. The molecule has 0 spiro atoms. The Morgan fingerprint density at radius 3 is 2.56 bits per heavy atom. The average Bonchev–Trinajstić information content (AvgIpc) is 3.19. The van der Waals surface area contributed by atoms with E-state index in [-0.39, 0.29) is 42.3 Å². The average molecular weight is 470 g/mol. The van der Waals surface area contributed by atoms with Crippen LogP contribution in [0.3, 0.4) is 0 Å². The number of benzene rings is 2. The van der Waals surface area contributed by atoms with Crippen molar-refractivity contribution in [3.05, 3.63) is 78.0 Å². The smallest absolute Gasteiger partial charge is 0.240 e. The molecule has 178 valence electrons. The van der Waals surface area contributed by atoms with Crippen LogP contribution in [-0.4, -0.2) is 32.0 Å². The highest BCUT2D eigenvalue weighted by Gasteiger charge is 2.47. The highest BCUT2D eigenvalue weighted by Crippen LogP contribution is 2.41. The first kappa shape index (κ1) is 23.6. The topological polar surface area (TPSA) is 85.7 Å².